The lowest BCUT2D eigenvalue weighted by Gasteiger charge is -2.19. The van der Waals surface area contributed by atoms with Crippen LogP contribution in [-0.4, -0.2) is 22.5 Å². The standard InChI is InChI=1S/C16H14Cl2N2O2/c17-8-7-16(21)20-14(15-2-1-9-22-15)10-13(19-20)11-3-5-12(18)6-4-11/h1-6,9,14H,7-8,10H2/t14-/m0/s1. The summed E-state index contributed by atoms with van der Waals surface area (Å²) in [5.41, 5.74) is 1.78. The van der Waals surface area contributed by atoms with Gasteiger partial charge in [-0.2, -0.15) is 5.10 Å². The average molecular weight is 337 g/mol. The third-order valence-electron chi connectivity index (χ3n) is 3.52. The maximum Gasteiger partial charge on any atom is 0.244 e. The number of alkyl halides is 1. The molecule has 0 bridgehead atoms. The van der Waals surface area contributed by atoms with Crippen LogP contribution < -0.4 is 0 Å². The number of halogens is 2. The van der Waals surface area contributed by atoms with E-state index in [0.717, 1.165) is 17.0 Å². The Kier molecular flexibility index (Phi) is 4.50. The predicted molar refractivity (Wildman–Crippen MR) is 86.2 cm³/mol. The summed E-state index contributed by atoms with van der Waals surface area (Å²) < 4.78 is 5.46. The van der Waals surface area contributed by atoms with Crippen molar-refractivity contribution >= 4 is 34.8 Å². The van der Waals surface area contributed by atoms with Crippen molar-refractivity contribution in [2.24, 2.45) is 5.10 Å². The zero-order valence-corrected chi connectivity index (χ0v) is 13.2. The van der Waals surface area contributed by atoms with Gasteiger partial charge >= 0.3 is 0 Å². The van der Waals surface area contributed by atoms with Gasteiger partial charge in [0.25, 0.3) is 0 Å². The Morgan fingerprint density at radius 3 is 2.73 bits per heavy atom. The largest absolute Gasteiger partial charge is 0.467 e. The molecule has 0 fully saturated rings. The molecule has 0 radical (unpaired) electrons. The number of amides is 1. The Balaban J connectivity index is 1.91. The number of hydrogen-bond donors (Lipinski definition) is 0. The van der Waals surface area contributed by atoms with Gasteiger partial charge in [-0.1, -0.05) is 23.7 Å². The van der Waals surface area contributed by atoms with Gasteiger partial charge in [0, 0.05) is 23.7 Å². The average Bonchev–Trinajstić information content (AvgIpc) is 3.17. The van der Waals surface area contributed by atoms with E-state index in [9.17, 15) is 4.79 Å². The van der Waals surface area contributed by atoms with Crippen molar-refractivity contribution in [1.82, 2.24) is 5.01 Å². The number of furan rings is 1. The minimum absolute atomic E-state index is 0.111. The summed E-state index contributed by atoms with van der Waals surface area (Å²) >= 11 is 11.6. The molecular formula is C16H14Cl2N2O2. The van der Waals surface area contributed by atoms with E-state index in [1.807, 2.05) is 30.3 Å². The summed E-state index contributed by atoms with van der Waals surface area (Å²) in [6.45, 7) is 0. The molecule has 6 heteroatoms. The van der Waals surface area contributed by atoms with Gasteiger partial charge < -0.3 is 4.42 Å². The van der Waals surface area contributed by atoms with Gasteiger partial charge in [-0.25, -0.2) is 5.01 Å². The second kappa shape index (κ2) is 6.55. The minimum atomic E-state index is -0.226. The zero-order valence-electron chi connectivity index (χ0n) is 11.7. The van der Waals surface area contributed by atoms with Crippen molar-refractivity contribution in [1.29, 1.82) is 0 Å². The number of nitrogens with zero attached hydrogens (tertiary/aromatic N) is 2. The number of rotatable bonds is 4. The highest BCUT2D eigenvalue weighted by Crippen LogP contribution is 2.33. The molecule has 1 aromatic heterocycles. The van der Waals surface area contributed by atoms with Crippen molar-refractivity contribution in [3.8, 4) is 0 Å². The number of hydrogen-bond acceptors (Lipinski definition) is 3. The van der Waals surface area contributed by atoms with E-state index in [0.29, 0.717) is 11.4 Å². The predicted octanol–water partition coefficient (Wildman–Crippen LogP) is 4.24. The van der Waals surface area contributed by atoms with Crippen LogP contribution in [0.15, 0.2) is 52.2 Å². The molecule has 0 N–H and O–H groups in total. The number of carbonyl (C=O) groups is 1. The molecule has 2 heterocycles. The monoisotopic (exact) mass is 336 g/mol. The summed E-state index contributed by atoms with van der Waals surface area (Å²) in [7, 11) is 0. The summed E-state index contributed by atoms with van der Waals surface area (Å²) in [5.74, 6) is 0.877. The van der Waals surface area contributed by atoms with Crippen molar-refractivity contribution in [3.05, 3.63) is 59.0 Å². The summed E-state index contributed by atoms with van der Waals surface area (Å²) in [6, 6.07) is 10.9. The summed E-state index contributed by atoms with van der Waals surface area (Å²) in [6.07, 6.45) is 2.44. The van der Waals surface area contributed by atoms with Crippen molar-refractivity contribution in [2.45, 2.75) is 18.9 Å². The Labute approximate surface area is 138 Å². The van der Waals surface area contributed by atoms with Crippen LogP contribution in [0, 0.1) is 0 Å². The van der Waals surface area contributed by atoms with Crippen LogP contribution in [0.4, 0.5) is 0 Å². The maximum absolute atomic E-state index is 12.3. The fraction of sp³-hybridized carbons (Fsp3) is 0.250. The van der Waals surface area contributed by atoms with E-state index in [2.05, 4.69) is 5.10 Å². The Morgan fingerprint density at radius 2 is 2.09 bits per heavy atom. The van der Waals surface area contributed by atoms with Crippen LogP contribution in [0.3, 0.4) is 0 Å². The fourth-order valence-corrected chi connectivity index (χ4v) is 2.74. The number of benzene rings is 1. The summed E-state index contributed by atoms with van der Waals surface area (Å²) in [4.78, 5) is 12.3. The van der Waals surface area contributed by atoms with Crippen LogP contribution in [-0.2, 0) is 4.79 Å². The van der Waals surface area contributed by atoms with Gasteiger partial charge in [0.1, 0.15) is 11.8 Å². The summed E-state index contributed by atoms with van der Waals surface area (Å²) in [5, 5.41) is 6.63. The molecular weight excluding hydrogens is 323 g/mol. The van der Waals surface area contributed by atoms with Crippen molar-refractivity contribution in [3.63, 3.8) is 0 Å². The normalized spacial score (nSPS) is 17.6. The molecule has 1 aliphatic rings. The van der Waals surface area contributed by atoms with Crippen LogP contribution in [0.2, 0.25) is 5.02 Å². The Morgan fingerprint density at radius 1 is 1.32 bits per heavy atom. The van der Waals surface area contributed by atoms with Crippen molar-refractivity contribution < 1.29 is 9.21 Å². The molecule has 0 unspecified atom stereocenters. The van der Waals surface area contributed by atoms with Gasteiger partial charge in [0.15, 0.2) is 0 Å². The first-order valence-electron chi connectivity index (χ1n) is 6.94. The quantitative estimate of drug-likeness (QED) is 0.784. The Bertz CT molecular complexity index is 681. The SMILES string of the molecule is O=C(CCCl)N1N=C(c2ccc(Cl)cc2)C[C@H]1c1ccco1. The molecule has 1 aliphatic heterocycles. The lowest BCUT2D eigenvalue weighted by molar-refractivity contribution is -0.132. The first-order valence-corrected chi connectivity index (χ1v) is 7.85. The fourth-order valence-electron chi connectivity index (χ4n) is 2.45. The van der Waals surface area contributed by atoms with E-state index in [1.165, 1.54) is 5.01 Å². The minimum Gasteiger partial charge on any atom is -0.467 e. The molecule has 114 valence electrons. The molecule has 1 atom stereocenters. The van der Waals surface area contributed by atoms with E-state index in [4.69, 9.17) is 27.6 Å². The van der Waals surface area contributed by atoms with Crippen LogP contribution >= 0.6 is 23.2 Å². The molecule has 0 spiro atoms. The first kappa shape index (κ1) is 15.1. The first-order chi connectivity index (χ1) is 10.7. The maximum atomic E-state index is 12.3. The smallest absolute Gasteiger partial charge is 0.244 e. The molecule has 0 saturated carbocycles. The molecule has 3 rings (SSSR count). The van der Waals surface area contributed by atoms with E-state index < -0.39 is 0 Å². The topological polar surface area (TPSA) is 45.8 Å². The molecule has 1 amide bonds. The Hall–Kier alpha value is -1.78. The second-order valence-corrected chi connectivity index (χ2v) is 5.78. The highest BCUT2D eigenvalue weighted by molar-refractivity contribution is 6.30. The molecule has 22 heavy (non-hydrogen) atoms. The second-order valence-electron chi connectivity index (χ2n) is 4.97. The van der Waals surface area contributed by atoms with Crippen LogP contribution in [0.1, 0.15) is 30.2 Å². The molecule has 0 saturated heterocycles. The van der Waals surface area contributed by atoms with Gasteiger partial charge in [-0.3, -0.25) is 4.79 Å². The van der Waals surface area contributed by atoms with E-state index >= 15 is 0 Å². The third-order valence-corrected chi connectivity index (χ3v) is 3.96. The third kappa shape index (κ3) is 3.03. The molecule has 0 aliphatic carbocycles. The molecule has 4 nitrogen and oxygen atoms in total. The molecule has 2 aromatic rings. The lowest BCUT2D eigenvalue weighted by atomic mass is 10.0. The zero-order chi connectivity index (χ0) is 15.5. The van der Waals surface area contributed by atoms with Crippen LogP contribution in [0.5, 0.6) is 0 Å². The van der Waals surface area contributed by atoms with Gasteiger partial charge in [-0.05, 0) is 29.8 Å². The van der Waals surface area contributed by atoms with Crippen molar-refractivity contribution in [2.75, 3.05) is 5.88 Å². The highest BCUT2D eigenvalue weighted by atomic mass is 35.5. The van der Waals surface area contributed by atoms with Crippen LogP contribution in [0.25, 0.3) is 0 Å². The molecule has 1 aromatic carbocycles. The van der Waals surface area contributed by atoms with E-state index in [1.54, 1.807) is 12.3 Å². The van der Waals surface area contributed by atoms with Gasteiger partial charge in [0.05, 0.1) is 12.0 Å². The number of carbonyl (C=O) groups excluding carboxylic acids is 1. The van der Waals surface area contributed by atoms with Gasteiger partial charge in [-0.15, -0.1) is 11.6 Å². The highest BCUT2D eigenvalue weighted by Gasteiger charge is 2.34. The van der Waals surface area contributed by atoms with Gasteiger partial charge in [0.2, 0.25) is 5.91 Å². The lowest BCUT2D eigenvalue weighted by Crippen LogP contribution is -2.26. The number of hydrazone groups is 1. The van der Waals surface area contributed by atoms with E-state index in [-0.39, 0.29) is 24.2 Å².